The van der Waals surface area contributed by atoms with Gasteiger partial charge < -0.3 is 19.9 Å². The summed E-state index contributed by atoms with van der Waals surface area (Å²) in [6.45, 7) is 6.17. The van der Waals surface area contributed by atoms with Crippen molar-refractivity contribution >= 4 is 23.4 Å². The Morgan fingerprint density at radius 1 is 1.07 bits per heavy atom. The number of nitrogens with one attached hydrogen (secondary N) is 1. The van der Waals surface area contributed by atoms with E-state index in [2.05, 4.69) is 48.3 Å². The second-order valence-corrected chi connectivity index (χ2v) is 6.79. The average molecular weight is 367 g/mol. The number of urea groups is 1. The number of amides is 2. The fourth-order valence-electron chi connectivity index (χ4n) is 3.34. The molecule has 0 saturated carbocycles. The molecule has 27 heavy (non-hydrogen) atoms. The van der Waals surface area contributed by atoms with Gasteiger partial charge in [0.1, 0.15) is 0 Å². The van der Waals surface area contributed by atoms with Crippen molar-refractivity contribution < 1.29 is 14.3 Å². The van der Waals surface area contributed by atoms with E-state index in [1.165, 1.54) is 18.4 Å². The van der Waals surface area contributed by atoms with Crippen molar-refractivity contribution in [1.82, 2.24) is 4.90 Å². The van der Waals surface area contributed by atoms with Crippen LogP contribution < -0.4 is 10.2 Å². The first-order valence-electron chi connectivity index (χ1n) is 9.06. The van der Waals surface area contributed by atoms with Gasteiger partial charge in [-0.15, -0.1) is 0 Å². The molecule has 0 spiro atoms. The number of hydrogen-bond donors (Lipinski definition) is 1. The van der Waals surface area contributed by atoms with Crippen LogP contribution in [0.15, 0.2) is 48.5 Å². The second-order valence-electron chi connectivity index (χ2n) is 6.79. The number of esters is 1. The van der Waals surface area contributed by atoms with E-state index >= 15 is 0 Å². The summed E-state index contributed by atoms with van der Waals surface area (Å²) in [7, 11) is 1.33. The van der Waals surface area contributed by atoms with Gasteiger partial charge in [-0.25, -0.2) is 9.59 Å². The number of carbonyl (C=O) groups is 2. The molecule has 1 aliphatic heterocycles. The molecule has 1 N–H and O–H groups in total. The zero-order chi connectivity index (χ0) is 19.4. The minimum Gasteiger partial charge on any atom is -0.465 e. The number of methoxy groups -OCH3 is 1. The zero-order valence-corrected chi connectivity index (χ0v) is 15.9. The Morgan fingerprint density at radius 2 is 1.78 bits per heavy atom. The van der Waals surface area contributed by atoms with Crippen LogP contribution in [-0.4, -0.2) is 49.7 Å². The third kappa shape index (κ3) is 4.22. The van der Waals surface area contributed by atoms with E-state index in [1.807, 2.05) is 0 Å². The van der Waals surface area contributed by atoms with Crippen LogP contribution in [0.1, 0.15) is 22.8 Å². The molecule has 1 heterocycles. The number of rotatable bonds is 3. The maximum absolute atomic E-state index is 12.7. The summed E-state index contributed by atoms with van der Waals surface area (Å²) in [6.07, 6.45) is 0. The van der Waals surface area contributed by atoms with Crippen molar-refractivity contribution in [2.45, 2.75) is 19.9 Å². The first-order valence-corrected chi connectivity index (χ1v) is 9.06. The zero-order valence-electron chi connectivity index (χ0n) is 15.9. The summed E-state index contributed by atoms with van der Waals surface area (Å²) in [5, 5.41) is 2.85. The third-order valence-electron chi connectivity index (χ3n) is 4.85. The largest absolute Gasteiger partial charge is 0.465 e. The molecule has 1 fully saturated rings. The van der Waals surface area contributed by atoms with E-state index in [-0.39, 0.29) is 12.1 Å². The lowest BCUT2D eigenvalue weighted by molar-refractivity contribution is 0.0602. The molecule has 1 saturated heterocycles. The molecule has 0 aliphatic carbocycles. The van der Waals surface area contributed by atoms with Gasteiger partial charge in [-0.05, 0) is 38.1 Å². The first-order chi connectivity index (χ1) is 13.0. The summed E-state index contributed by atoms with van der Waals surface area (Å²) >= 11 is 0. The topological polar surface area (TPSA) is 61.9 Å². The molecule has 1 unspecified atom stereocenters. The molecular weight excluding hydrogens is 342 g/mol. The lowest BCUT2D eigenvalue weighted by Gasteiger charge is -2.41. The van der Waals surface area contributed by atoms with Crippen LogP contribution in [0.2, 0.25) is 0 Å². The quantitative estimate of drug-likeness (QED) is 0.843. The highest BCUT2D eigenvalue weighted by molar-refractivity contribution is 6.00. The van der Waals surface area contributed by atoms with Gasteiger partial charge in [0.05, 0.1) is 18.4 Å². The Hall–Kier alpha value is -3.02. The normalized spacial score (nSPS) is 16.8. The first kappa shape index (κ1) is 18.8. The van der Waals surface area contributed by atoms with Gasteiger partial charge >= 0.3 is 12.0 Å². The summed E-state index contributed by atoms with van der Waals surface area (Å²) in [4.78, 5) is 28.7. The summed E-state index contributed by atoms with van der Waals surface area (Å²) in [5.74, 6) is -0.469. The molecule has 2 amide bonds. The van der Waals surface area contributed by atoms with Crippen molar-refractivity contribution in [2.24, 2.45) is 0 Å². The molecule has 142 valence electrons. The van der Waals surface area contributed by atoms with E-state index in [0.29, 0.717) is 24.3 Å². The number of piperazine rings is 1. The number of ether oxygens (including phenoxy) is 1. The number of anilines is 2. The number of para-hydroxylation sites is 1. The molecule has 0 bridgehead atoms. The Kier molecular flexibility index (Phi) is 5.64. The van der Waals surface area contributed by atoms with E-state index < -0.39 is 5.97 Å². The molecule has 1 atom stereocenters. The fraction of sp³-hybridized carbons (Fsp3) is 0.333. The Balaban J connectivity index is 1.66. The van der Waals surface area contributed by atoms with Gasteiger partial charge in [0, 0.05) is 31.4 Å². The number of benzene rings is 2. The van der Waals surface area contributed by atoms with E-state index in [0.717, 1.165) is 6.54 Å². The van der Waals surface area contributed by atoms with Gasteiger partial charge in [-0.2, -0.15) is 0 Å². The van der Waals surface area contributed by atoms with Crippen LogP contribution in [0.3, 0.4) is 0 Å². The molecule has 2 aromatic carbocycles. The number of carbonyl (C=O) groups excluding carboxylic acids is 2. The van der Waals surface area contributed by atoms with Crippen LogP contribution in [0.4, 0.5) is 16.2 Å². The maximum Gasteiger partial charge on any atom is 0.339 e. The molecule has 1 aliphatic rings. The van der Waals surface area contributed by atoms with Gasteiger partial charge in [-0.3, -0.25) is 0 Å². The van der Waals surface area contributed by atoms with E-state index in [1.54, 1.807) is 29.2 Å². The SMILES string of the molecule is COC(=O)c1ccccc1NC(=O)N1CCN(c2ccc(C)cc2)C(C)C1. The molecule has 6 heteroatoms. The van der Waals surface area contributed by atoms with Crippen LogP contribution in [0.5, 0.6) is 0 Å². The van der Waals surface area contributed by atoms with Gasteiger partial charge in [0.25, 0.3) is 0 Å². The minimum absolute atomic E-state index is 0.197. The van der Waals surface area contributed by atoms with Crippen LogP contribution in [0.25, 0.3) is 0 Å². The standard InChI is InChI=1S/C21H25N3O3/c1-15-8-10-17(11-9-15)24-13-12-23(14-16(24)2)21(26)22-19-7-5-4-6-18(19)20(25)27-3/h4-11,16H,12-14H2,1-3H3,(H,22,26). The Labute approximate surface area is 159 Å². The van der Waals surface area contributed by atoms with Crippen LogP contribution in [0, 0.1) is 6.92 Å². The van der Waals surface area contributed by atoms with E-state index in [9.17, 15) is 9.59 Å². The molecule has 3 rings (SSSR count). The van der Waals surface area contributed by atoms with Gasteiger partial charge in [0.2, 0.25) is 0 Å². The minimum atomic E-state index is -0.469. The van der Waals surface area contributed by atoms with Gasteiger partial charge in [-0.1, -0.05) is 29.8 Å². The average Bonchev–Trinajstić information content (AvgIpc) is 2.68. The van der Waals surface area contributed by atoms with Crippen LogP contribution >= 0.6 is 0 Å². The number of hydrogen-bond acceptors (Lipinski definition) is 4. The lowest BCUT2D eigenvalue weighted by Crippen LogP contribution is -2.54. The predicted molar refractivity (Wildman–Crippen MR) is 106 cm³/mol. The molecule has 2 aromatic rings. The Morgan fingerprint density at radius 3 is 2.44 bits per heavy atom. The third-order valence-corrected chi connectivity index (χ3v) is 4.85. The van der Waals surface area contributed by atoms with Crippen molar-refractivity contribution in [3.05, 3.63) is 59.7 Å². The highest BCUT2D eigenvalue weighted by Crippen LogP contribution is 2.22. The van der Waals surface area contributed by atoms with E-state index in [4.69, 9.17) is 4.74 Å². The molecule has 0 radical (unpaired) electrons. The van der Waals surface area contributed by atoms with Gasteiger partial charge in [0.15, 0.2) is 0 Å². The maximum atomic E-state index is 12.7. The van der Waals surface area contributed by atoms with Crippen molar-refractivity contribution in [2.75, 3.05) is 37.0 Å². The summed E-state index contributed by atoms with van der Waals surface area (Å²) < 4.78 is 4.78. The molecular formula is C21H25N3O3. The summed E-state index contributed by atoms with van der Waals surface area (Å²) in [6, 6.07) is 15.3. The van der Waals surface area contributed by atoms with Crippen molar-refractivity contribution in [3.63, 3.8) is 0 Å². The second kappa shape index (κ2) is 8.12. The molecule has 6 nitrogen and oxygen atoms in total. The number of aryl methyl sites for hydroxylation is 1. The van der Waals surface area contributed by atoms with Crippen LogP contribution in [-0.2, 0) is 4.74 Å². The van der Waals surface area contributed by atoms with Crippen molar-refractivity contribution in [3.8, 4) is 0 Å². The Bertz CT molecular complexity index is 820. The highest BCUT2D eigenvalue weighted by Gasteiger charge is 2.27. The predicted octanol–water partition coefficient (Wildman–Crippen LogP) is 3.52. The fourth-order valence-corrected chi connectivity index (χ4v) is 3.34. The smallest absolute Gasteiger partial charge is 0.339 e. The summed E-state index contributed by atoms with van der Waals surface area (Å²) in [5.41, 5.74) is 3.21. The van der Waals surface area contributed by atoms with Crippen molar-refractivity contribution in [1.29, 1.82) is 0 Å². The monoisotopic (exact) mass is 367 g/mol. The highest BCUT2D eigenvalue weighted by atomic mass is 16.5. The number of nitrogens with zero attached hydrogens (tertiary/aromatic N) is 2. The molecule has 0 aromatic heterocycles. The lowest BCUT2D eigenvalue weighted by atomic mass is 10.1.